The lowest BCUT2D eigenvalue weighted by Crippen LogP contribution is -1.75. The van der Waals surface area contributed by atoms with Gasteiger partial charge in [0, 0.05) is 0 Å². The molecule has 0 amide bonds. The van der Waals surface area contributed by atoms with Crippen LogP contribution in [0.3, 0.4) is 0 Å². The van der Waals surface area contributed by atoms with Crippen LogP contribution >= 0.6 is 94.1 Å². The Labute approximate surface area is 146 Å². The molecule has 0 aliphatic carbocycles. The monoisotopic (exact) mass is 394 g/mol. The zero-order valence-corrected chi connectivity index (χ0v) is 16.0. The van der Waals surface area contributed by atoms with Gasteiger partial charge in [0.05, 0.1) is 25.4 Å². The lowest BCUT2D eigenvalue weighted by Gasteiger charge is -2.07. The molecule has 0 aromatic heterocycles. The predicted octanol–water partition coefficient (Wildman–Crippen LogP) is 7.62. The Bertz CT molecular complexity index is 584. The highest BCUT2D eigenvalue weighted by Crippen LogP contribution is 2.68. The Morgan fingerprint density at radius 3 is 1.68 bits per heavy atom. The number of allylic oxidation sites excluding steroid dienone is 1. The molecule has 0 unspecified atom stereocenters. The van der Waals surface area contributed by atoms with Gasteiger partial charge in [0.2, 0.25) is 0 Å². The summed E-state index contributed by atoms with van der Waals surface area (Å²) in [6, 6.07) is 0. The molecule has 0 fully saturated rings. The summed E-state index contributed by atoms with van der Waals surface area (Å²) in [5.74, 6) is 0. The van der Waals surface area contributed by atoms with E-state index in [0.29, 0.717) is 0 Å². The molecule has 0 bridgehead atoms. The second kappa shape index (κ2) is 5.95. The molecule has 0 N–H and O–H groups in total. The van der Waals surface area contributed by atoms with Gasteiger partial charge in [0.1, 0.15) is 0 Å². The molecule has 4 heterocycles. The molecule has 0 saturated heterocycles. The van der Waals surface area contributed by atoms with Crippen molar-refractivity contribution < 1.29 is 0 Å². The van der Waals surface area contributed by atoms with Crippen LogP contribution in [0.15, 0.2) is 46.6 Å². The third-order valence-electron chi connectivity index (χ3n) is 2.23. The van der Waals surface area contributed by atoms with Crippen molar-refractivity contribution in [2.45, 2.75) is 6.92 Å². The van der Waals surface area contributed by atoms with Crippen LogP contribution in [-0.4, -0.2) is 0 Å². The molecule has 8 heteroatoms. The molecule has 0 spiro atoms. The second-order valence-corrected chi connectivity index (χ2v) is 13.2. The number of thioether (sulfide) groups is 8. The van der Waals surface area contributed by atoms with Crippen LogP contribution in [0.1, 0.15) is 6.92 Å². The highest BCUT2D eigenvalue weighted by Gasteiger charge is 2.32. The molecule has 4 aliphatic rings. The maximum atomic E-state index is 2.26. The first-order chi connectivity index (χ1) is 9.29. The predicted molar refractivity (Wildman–Crippen MR) is 105 cm³/mol. The Morgan fingerprint density at radius 2 is 1.05 bits per heavy atom. The van der Waals surface area contributed by atoms with E-state index < -0.39 is 0 Å². The van der Waals surface area contributed by atoms with Crippen molar-refractivity contribution in [3.05, 3.63) is 46.6 Å². The third kappa shape index (κ3) is 2.88. The first-order valence-electron chi connectivity index (χ1n) is 5.23. The van der Waals surface area contributed by atoms with Crippen molar-refractivity contribution >= 4 is 94.1 Å². The minimum Gasteiger partial charge on any atom is -0.0884 e. The summed E-state index contributed by atoms with van der Waals surface area (Å²) >= 11 is 15.3. The van der Waals surface area contributed by atoms with E-state index in [-0.39, 0.29) is 0 Å². The minimum absolute atomic E-state index is 1.41. The zero-order chi connectivity index (χ0) is 12.8. The van der Waals surface area contributed by atoms with E-state index in [1.807, 2.05) is 94.1 Å². The highest BCUT2D eigenvalue weighted by molar-refractivity contribution is 8.46. The first kappa shape index (κ1) is 14.1. The number of hydrogen-bond acceptors (Lipinski definition) is 8. The van der Waals surface area contributed by atoms with Gasteiger partial charge in [-0.1, -0.05) is 94.1 Å². The average molecular weight is 395 g/mol. The van der Waals surface area contributed by atoms with Crippen molar-refractivity contribution in [2.75, 3.05) is 0 Å². The fraction of sp³-hybridized carbons (Fsp3) is 0.0909. The van der Waals surface area contributed by atoms with Crippen LogP contribution < -0.4 is 0 Å². The van der Waals surface area contributed by atoms with Gasteiger partial charge in [-0.05, 0) is 28.1 Å². The van der Waals surface area contributed by atoms with Crippen molar-refractivity contribution in [3.63, 3.8) is 0 Å². The quantitative estimate of drug-likeness (QED) is 0.406. The van der Waals surface area contributed by atoms with E-state index in [4.69, 9.17) is 0 Å². The van der Waals surface area contributed by atoms with E-state index >= 15 is 0 Å². The highest BCUT2D eigenvalue weighted by atomic mass is 32.3. The molecule has 4 aliphatic heterocycles. The van der Waals surface area contributed by atoms with E-state index in [9.17, 15) is 0 Å². The van der Waals surface area contributed by atoms with E-state index in [1.165, 1.54) is 30.3 Å². The molecule has 4 rings (SSSR count). The Morgan fingerprint density at radius 1 is 0.579 bits per heavy atom. The van der Waals surface area contributed by atoms with Crippen molar-refractivity contribution in [3.8, 4) is 0 Å². The van der Waals surface area contributed by atoms with Crippen LogP contribution in [0.2, 0.25) is 0 Å². The van der Waals surface area contributed by atoms with E-state index in [1.54, 1.807) is 0 Å². The van der Waals surface area contributed by atoms with Gasteiger partial charge < -0.3 is 0 Å². The molecule has 0 atom stereocenters. The summed E-state index contributed by atoms with van der Waals surface area (Å²) in [7, 11) is 0. The summed E-state index contributed by atoms with van der Waals surface area (Å²) in [5.41, 5.74) is 0. The van der Waals surface area contributed by atoms with Crippen molar-refractivity contribution in [2.24, 2.45) is 0 Å². The lowest BCUT2D eigenvalue weighted by molar-refractivity contribution is 1.72. The Balaban J connectivity index is 1.53. The fourth-order valence-electron chi connectivity index (χ4n) is 1.48. The lowest BCUT2D eigenvalue weighted by atomic mass is 10.8. The van der Waals surface area contributed by atoms with Gasteiger partial charge in [-0.15, -0.1) is 0 Å². The van der Waals surface area contributed by atoms with Crippen LogP contribution in [0, 0.1) is 0 Å². The van der Waals surface area contributed by atoms with Crippen LogP contribution in [0.5, 0.6) is 0 Å². The van der Waals surface area contributed by atoms with E-state index in [2.05, 4.69) is 23.1 Å². The molecule has 0 nitrogen and oxygen atoms in total. The molecule has 0 radical (unpaired) electrons. The zero-order valence-electron chi connectivity index (χ0n) is 9.50. The summed E-state index contributed by atoms with van der Waals surface area (Å²) in [6.07, 6.45) is 0. The smallest absolute Gasteiger partial charge is 0.0718 e. The molecular formula is C11H6S8. The SMILES string of the molecule is CC1=CSC2=C(S1)SC(=C1SC3=C(SC=CS3)S1)S2. The average Bonchev–Trinajstić information content (AvgIpc) is 3.00. The Kier molecular flexibility index (Phi) is 4.42. The van der Waals surface area contributed by atoms with Gasteiger partial charge in [0.15, 0.2) is 0 Å². The Hall–Kier alpha value is 1.50. The summed E-state index contributed by atoms with van der Waals surface area (Å²) < 4.78 is 8.80. The van der Waals surface area contributed by atoms with Crippen LogP contribution in [0.4, 0.5) is 0 Å². The van der Waals surface area contributed by atoms with Crippen LogP contribution in [0.25, 0.3) is 0 Å². The maximum absolute atomic E-state index is 2.26. The molecule has 0 aromatic rings. The van der Waals surface area contributed by atoms with E-state index in [0.717, 1.165) is 0 Å². The van der Waals surface area contributed by atoms with Crippen molar-refractivity contribution in [1.29, 1.82) is 0 Å². The summed E-state index contributed by atoms with van der Waals surface area (Å²) in [6.45, 7) is 2.19. The van der Waals surface area contributed by atoms with Gasteiger partial charge in [-0.3, -0.25) is 0 Å². The summed E-state index contributed by atoms with van der Waals surface area (Å²) in [5, 5.41) is 6.63. The van der Waals surface area contributed by atoms with Gasteiger partial charge in [0.25, 0.3) is 0 Å². The van der Waals surface area contributed by atoms with Crippen molar-refractivity contribution in [1.82, 2.24) is 0 Å². The van der Waals surface area contributed by atoms with Gasteiger partial charge >= 0.3 is 0 Å². The standard InChI is InChI=1S/C11H6S8/c1-5-4-14-8-9(15-5)19-11(18-8)10-16-6-7(17-10)13-3-2-12-6/h2-4H,1H3. The van der Waals surface area contributed by atoms with Gasteiger partial charge in [-0.2, -0.15) is 0 Å². The number of rotatable bonds is 0. The largest absolute Gasteiger partial charge is 0.0884 e. The normalized spacial score (nSPS) is 26.1. The minimum atomic E-state index is 1.41. The number of hydrogen-bond donors (Lipinski definition) is 0. The fourth-order valence-corrected chi connectivity index (χ4v) is 12.5. The molecular weight excluding hydrogens is 389 g/mol. The molecule has 0 saturated carbocycles. The maximum Gasteiger partial charge on any atom is 0.0718 e. The first-order valence-corrected chi connectivity index (χ1v) is 12.0. The molecule has 98 valence electrons. The molecule has 0 aromatic carbocycles. The molecule has 19 heavy (non-hydrogen) atoms. The van der Waals surface area contributed by atoms with Gasteiger partial charge in [-0.25, -0.2) is 0 Å². The topological polar surface area (TPSA) is 0 Å². The summed E-state index contributed by atoms with van der Waals surface area (Å²) in [4.78, 5) is 1.41. The third-order valence-corrected chi connectivity index (χ3v) is 13.4. The second-order valence-electron chi connectivity index (χ2n) is 3.59. The van der Waals surface area contributed by atoms with Crippen LogP contribution in [-0.2, 0) is 0 Å².